The van der Waals surface area contributed by atoms with E-state index in [0.29, 0.717) is 24.6 Å². The quantitative estimate of drug-likeness (QED) is 0.754. The zero-order valence-corrected chi connectivity index (χ0v) is 16.2. The van der Waals surface area contributed by atoms with Crippen LogP contribution in [0.15, 0.2) is 18.2 Å². The van der Waals surface area contributed by atoms with Crippen molar-refractivity contribution in [2.75, 3.05) is 5.32 Å². The molecule has 2 aromatic rings. The molecule has 2 aliphatic carbocycles. The lowest BCUT2D eigenvalue weighted by Gasteiger charge is -2.25. The van der Waals surface area contributed by atoms with Gasteiger partial charge in [-0.3, -0.25) is 4.79 Å². The molecule has 1 amide bonds. The van der Waals surface area contributed by atoms with Gasteiger partial charge >= 0.3 is 0 Å². The summed E-state index contributed by atoms with van der Waals surface area (Å²) in [5, 5.41) is 22.3. The van der Waals surface area contributed by atoms with Crippen LogP contribution in [0.4, 0.5) is 5.82 Å². The Bertz CT molecular complexity index is 889. The number of phenolic OH excluding ortho intramolecular Hbond substituents is 1. The van der Waals surface area contributed by atoms with Gasteiger partial charge < -0.3 is 15.5 Å². The number of aliphatic hydroxyl groups excluding tert-OH is 1. The largest absolute Gasteiger partial charge is 0.508 e. The van der Waals surface area contributed by atoms with E-state index in [2.05, 4.69) is 5.32 Å². The van der Waals surface area contributed by atoms with E-state index in [1.165, 1.54) is 0 Å². The first-order valence-electron chi connectivity index (χ1n) is 10.2. The first-order valence-corrected chi connectivity index (χ1v) is 10.2. The molecule has 0 aliphatic heterocycles. The van der Waals surface area contributed by atoms with E-state index in [1.807, 2.05) is 13.0 Å². The van der Waals surface area contributed by atoms with Crippen LogP contribution in [-0.2, 0) is 24.1 Å². The number of aromatic nitrogens is 2. The molecule has 1 saturated carbocycles. The summed E-state index contributed by atoms with van der Waals surface area (Å²) in [6, 6.07) is 5.37. The van der Waals surface area contributed by atoms with Crippen LogP contribution in [0.25, 0.3) is 11.3 Å². The second-order valence-corrected chi connectivity index (χ2v) is 7.94. The van der Waals surface area contributed by atoms with Crippen molar-refractivity contribution < 1.29 is 15.0 Å². The monoisotopic (exact) mass is 381 g/mol. The minimum atomic E-state index is -0.206. The number of aromatic hydroxyl groups is 1. The van der Waals surface area contributed by atoms with Gasteiger partial charge in [0.1, 0.15) is 5.75 Å². The molecular weight excluding hydrogens is 354 g/mol. The van der Waals surface area contributed by atoms with E-state index in [1.54, 1.807) is 12.1 Å². The number of benzene rings is 1. The summed E-state index contributed by atoms with van der Waals surface area (Å²) >= 11 is 0. The predicted molar refractivity (Wildman–Crippen MR) is 107 cm³/mol. The summed E-state index contributed by atoms with van der Waals surface area (Å²) in [4.78, 5) is 22.1. The van der Waals surface area contributed by atoms with Crippen LogP contribution >= 0.6 is 0 Å². The summed E-state index contributed by atoms with van der Waals surface area (Å²) in [5.41, 5.74) is 4.64. The van der Waals surface area contributed by atoms with Gasteiger partial charge in [-0.2, -0.15) is 0 Å². The molecule has 0 unspecified atom stereocenters. The zero-order chi connectivity index (χ0) is 19.7. The summed E-state index contributed by atoms with van der Waals surface area (Å²) in [6.07, 6.45) is 5.85. The average Bonchev–Trinajstić information content (AvgIpc) is 2.68. The molecule has 1 aromatic carbocycles. The molecule has 1 heterocycles. The molecule has 6 heteroatoms. The Morgan fingerprint density at radius 3 is 2.71 bits per heavy atom. The van der Waals surface area contributed by atoms with Crippen LogP contribution in [-0.4, -0.2) is 32.2 Å². The Balaban J connectivity index is 1.54. The topological polar surface area (TPSA) is 95.3 Å². The van der Waals surface area contributed by atoms with E-state index in [0.717, 1.165) is 66.7 Å². The van der Waals surface area contributed by atoms with Crippen molar-refractivity contribution in [3.05, 3.63) is 35.2 Å². The lowest BCUT2D eigenvalue weighted by Crippen LogP contribution is -2.24. The van der Waals surface area contributed by atoms with Crippen molar-refractivity contribution in [3.8, 4) is 17.0 Å². The number of amides is 1. The molecule has 28 heavy (non-hydrogen) atoms. The standard InChI is InChI=1S/C22H27N3O3/c1-2-18-22(25-20(28)11-13-3-6-15(26)7-4-13)24-19-10-5-14-12-16(27)8-9-17(14)21(19)23-18/h8-9,12-13,15,26-27H,2-7,10-11H2,1H3,(H,24,25,28). The van der Waals surface area contributed by atoms with Gasteiger partial charge in [-0.25, -0.2) is 9.97 Å². The Morgan fingerprint density at radius 1 is 1.18 bits per heavy atom. The third kappa shape index (κ3) is 3.87. The molecule has 0 atom stereocenters. The average molecular weight is 381 g/mol. The van der Waals surface area contributed by atoms with E-state index in [4.69, 9.17) is 9.97 Å². The maximum Gasteiger partial charge on any atom is 0.225 e. The number of hydrogen-bond donors (Lipinski definition) is 3. The Hall–Kier alpha value is -2.47. The van der Waals surface area contributed by atoms with E-state index >= 15 is 0 Å². The molecule has 0 saturated heterocycles. The molecule has 148 valence electrons. The second kappa shape index (κ2) is 7.87. The maximum atomic E-state index is 12.6. The number of fused-ring (bicyclic) bond motifs is 3. The van der Waals surface area contributed by atoms with Crippen LogP contribution in [0.2, 0.25) is 0 Å². The van der Waals surface area contributed by atoms with Gasteiger partial charge in [0.05, 0.1) is 23.2 Å². The predicted octanol–water partition coefficient (Wildman–Crippen LogP) is 3.39. The third-order valence-corrected chi connectivity index (χ3v) is 5.90. The molecule has 0 radical (unpaired) electrons. The number of nitrogens with one attached hydrogen (secondary N) is 1. The zero-order valence-electron chi connectivity index (χ0n) is 16.2. The number of hydrogen-bond acceptors (Lipinski definition) is 5. The fourth-order valence-electron chi connectivity index (χ4n) is 4.31. The van der Waals surface area contributed by atoms with Gasteiger partial charge in [0.15, 0.2) is 5.82 Å². The van der Waals surface area contributed by atoms with Gasteiger partial charge in [-0.05, 0) is 74.6 Å². The number of carbonyl (C=O) groups excluding carboxylic acids is 1. The highest BCUT2D eigenvalue weighted by Gasteiger charge is 2.24. The Morgan fingerprint density at radius 2 is 1.96 bits per heavy atom. The van der Waals surface area contributed by atoms with Gasteiger partial charge in [-0.1, -0.05) is 6.92 Å². The maximum absolute atomic E-state index is 12.6. The van der Waals surface area contributed by atoms with Crippen LogP contribution in [0.1, 0.15) is 56.0 Å². The van der Waals surface area contributed by atoms with Crippen molar-refractivity contribution in [1.29, 1.82) is 0 Å². The van der Waals surface area contributed by atoms with Gasteiger partial charge in [0.2, 0.25) is 5.91 Å². The highest BCUT2D eigenvalue weighted by Crippen LogP contribution is 2.34. The fourth-order valence-corrected chi connectivity index (χ4v) is 4.31. The highest BCUT2D eigenvalue weighted by atomic mass is 16.3. The van der Waals surface area contributed by atoms with Crippen molar-refractivity contribution in [3.63, 3.8) is 0 Å². The van der Waals surface area contributed by atoms with Gasteiger partial charge in [-0.15, -0.1) is 0 Å². The van der Waals surface area contributed by atoms with Crippen LogP contribution in [0, 0.1) is 5.92 Å². The highest BCUT2D eigenvalue weighted by molar-refractivity contribution is 5.90. The number of anilines is 1. The summed E-state index contributed by atoms with van der Waals surface area (Å²) < 4.78 is 0. The minimum Gasteiger partial charge on any atom is -0.508 e. The second-order valence-electron chi connectivity index (χ2n) is 7.94. The fraction of sp³-hybridized carbons (Fsp3) is 0.500. The van der Waals surface area contributed by atoms with E-state index in [9.17, 15) is 15.0 Å². The van der Waals surface area contributed by atoms with Gasteiger partial charge in [0.25, 0.3) is 0 Å². The van der Waals surface area contributed by atoms with Crippen molar-refractivity contribution in [2.24, 2.45) is 5.92 Å². The molecule has 4 rings (SSSR count). The van der Waals surface area contributed by atoms with E-state index < -0.39 is 0 Å². The number of aryl methyl sites for hydroxylation is 3. The SMILES string of the molecule is CCc1nc2c(nc1NC(=O)CC1CCC(O)CC1)CCc1cc(O)ccc1-2. The van der Waals surface area contributed by atoms with Crippen LogP contribution in [0.5, 0.6) is 5.75 Å². The molecule has 3 N–H and O–H groups in total. The number of nitrogens with zero attached hydrogens (tertiary/aromatic N) is 2. The van der Waals surface area contributed by atoms with Crippen LogP contribution in [0.3, 0.4) is 0 Å². The molecule has 0 spiro atoms. The van der Waals surface area contributed by atoms with Crippen molar-refractivity contribution in [2.45, 2.75) is 64.4 Å². The lowest BCUT2D eigenvalue weighted by molar-refractivity contribution is -0.117. The number of phenols is 1. The molecule has 1 aromatic heterocycles. The van der Waals surface area contributed by atoms with Gasteiger partial charge in [0, 0.05) is 12.0 Å². The minimum absolute atomic E-state index is 0.0218. The molecular formula is C22H27N3O3. The molecule has 1 fully saturated rings. The molecule has 0 bridgehead atoms. The lowest BCUT2D eigenvalue weighted by atomic mass is 9.85. The third-order valence-electron chi connectivity index (χ3n) is 5.90. The van der Waals surface area contributed by atoms with Crippen LogP contribution < -0.4 is 5.32 Å². The number of carbonyl (C=O) groups is 1. The first-order chi connectivity index (χ1) is 13.5. The molecule has 6 nitrogen and oxygen atoms in total. The first kappa shape index (κ1) is 18.9. The number of aliphatic hydroxyl groups is 1. The summed E-state index contributed by atoms with van der Waals surface area (Å²) in [7, 11) is 0. The Labute approximate surface area is 165 Å². The summed E-state index contributed by atoms with van der Waals surface area (Å²) in [5.74, 6) is 1.15. The normalized spacial score (nSPS) is 20.9. The van der Waals surface area contributed by atoms with Crippen molar-refractivity contribution in [1.82, 2.24) is 9.97 Å². The smallest absolute Gasteiger partial charge is 0.225 e. The number of rotatable bonds is 4. The molecule has 2 aliphatic rings. The van der Waals surface area contributed by atoms with E-state index in [-0.39, 0.29) is 17.8 Å². The summed E-state index contributed by atoms with van der Waals surface area (Å²) in [6.45, 7) is 2.01. The van der Waals surface area contributed by atoms with Crippen molar-refractivity contribution >= 4 is 11.7 Å². The Kier molecular flexibility index (Phi) is 5.31.